The first kappa shape index (κ1) is 15.3. The zero-order valence-corrected chi connectivity index (χ0v) is 13.3. The Morgan fingerprint density at radius 1 is 1.33 bits per heavy atom. The highest BCUT2D eigenvalue weighted by Crippen LogP contribution is 2.24. The second-order valence-electron chi connectivity index (χ2n) is 4.83. The van der Waals surface area contributed by atoms with E-state index in [1.807, 2.05) is 44.2 Å². The van der Waals surface area contributed by atoms with Gasteiger partial charge in [0.15, 0.2) is 0 Å². The Kier molecular flexibility index (Phi) is 4.79. The van der Waals surface area contributed by atoms with Gasteiger partial charge in [-0.15, -0.1) is 11.3 Å². The van der Waals surface area contributed by atoms with E-state index in [1.165, 1.54) is 11.3 Å². The second-order valence-corrected chi connectivity index (χ2v) is 5.88. The number of nitrogens with zero attached hydrogens (tertiary/aromatic N) is 1. The quantitative estimate of drug-likeness (QED) is 0.867. The summed E-state index contributed by atoms with van der Waals surface area (Å²) in [4.78, 5) is 15.8. The lowest BCUT2D eigenvalue weighted by Crippen LogP contribution is -2.25. The summed E-state index contributed by atoms with van der Waals surface area (Å²) in [5.74, 6) is 5.82. The Hall–Kier alpha value is -2.09. The Bertz CT molecular complexity index is 722. The molecule has 0 radical (unpaired) electrons. The van der Waals surface area contributed by atoms with Crippen molar-refractivity contribution in [3.63, 3.8) is 0 Å². The van der Waals surface area contributed by atoms with Gasteiger partial charge in [0.1, 0.15) is 0 Å². The van der Waals surface area contributed by atoms with Crippen LogP contribution < -0.4 is 10.6 Å². The molecule has 3 nitrogen and oxygen atoms in total. The summed E-state index contributed by atoms with van der Waals surface area (Å²) in [5.41, 5.74) is 8.42. The third-order valence-electron chi connectivity index (χ3n) is 3.13. The van der Waals surface area contributed by atoms with E-state index in [4.69, 9.17) is 5.73 Å². The van der Waals surface area contributed by atoms with Gasteiger partial charge in [-0.1, -0.05) is 24.0 Å². The number of carbonyl (C=O) groups is 1. The number of anilines is 1. The van der Waals surface area contributed by atoms with Crippen LogP contribution in [-0.4, -0.2) is 19.5 Å². The first-order valence-corrected chi connectivity index (χ1v) is 7.48. The van der Waals surface area contributed by atoms with Crippen molar-refractivity contribution in [2.24, 2.45) is 5.73 Å². The predicted octanol–water partition coefficient (Wildman–Crippen LogP) is 2.95. The summed E-state index contributed by atoms with van der Waals surface area (Å²) in [6, 6.07) is 9.78. The van der Waals surface area contributed by atoms with E-state index in [0.29, 0.717) is 11.4 Å². The summed E-state index contributed by atoms with van der Waals surface area (Å²) < 4.78 is 0. The smallest absolute Gasteiger partial charge is 0.268 e. The molecule has 0 atom stereocenters. The van der Waals surface area contributed by atoms with Crippen molar-refractivity contribution in [1.29, 1.82) is 0 Å². The third-order valence-corrected chi connectivity index (χ3v) is 4.27. The van der Waals surface area contributed by atoms with Gasteiger partial charge >= 0.3 is 0 Å². The van der Waals surface area contributed by atoms with Crippen LogP contribution in [0.15, 0.2) is 30.3 Å². The number of hydrogen-bond donors (Lipinski definition) is 1. The molecule has 2 aromatic rings. The number of amides is 1. The van der Waals surface area contributed by atoms with Gasteiger partial charge in [-0.3, -0.25) is 4.79 Å². The molecular formula is C17H18N2OS. The van der Waals surface area contributed by atoms with Crippen LogP contribution in [0.3, 0.4) is 0 Å². The molecular weight excluding hydrogens is 280 g/mol. The minimum atomic E-state index is -0.0190. The Labute approximate surface area is 129 Å². The molecule has 2 rings (SSSR count). The van der Waals surface area contributed by atoms with Crippen LogP contribution in [-0.2, 0) is 0 Å². The molecule has 0 saturated carbocycles. The summed E-state index contributed by atoms with van der Waals surface area (Å²) in [5, 5.41) is 0. The monoisotopic (exact) mass is 298 g/mol. The number of rotatable bonds is 2. The van der Waals surface area contributed by atoms with Crippen molar-refractivity contribution in [2.75, 3.05) is 18.5 Å². The standard InChI is InChI=1S/C17H18N2OS/c1-12-6-4-7-14(10-12)19(3)17(20)16-11-13(2)15(21-16)8-5-9-18/h4,6-7,10-11H,9,18H2,1-3H3. The normalized spacial score (nSPS) is 9.90. The maximum atomic E-state index is 12.6. The van der Waals surface area contributed by atoms with Crippen LogP contribution in [0.5, 0.6) is 0 Å². The van der Waals surface area contributed by atoms with E-state index in [0.717, 1.165) is 21.7 Å². The number of aryl methyl sites for hydroxylation is 2. The summed E-state index contributed by atoms with van der Waals surface area (Å²) in [6.07, 6.45) is 0. The molecule has 1 amide bonds. The maximum Gasteiger partial charge on any atom is 0.268 e. The number of hydrogen-bond acceptors (Lipinski definition) is 3. The van der Waals surface area contributed by atoms with Crippen LogP contribution in [0, 0.1) is 25.7 Å². The van der Waals surface area contributed by atoms with Gasteiger partial charge < -0.3 is 10.6 Å². The SMILES string of the molecule is Cc1cccc(N(C)C(=O)c2cc(C)c(C#CCN)s2)c1. The highest BCUT2D eigenvalue weighted by Gasteiger charge is 2.17. The lowest BCUT2D eigenvalue weighted by molar-refractivity contribution is 0.0997. The van der Waals surface area contributed by atoms with Crippen LogP contribution in [0.1, 0.15) is 25.7 Å². The fourth-order valence-electron chi connectivity index (χ4n) is 1.96. The molecule has 0 aliphatic heterocycles. The highest BCUT2D eigenvalue weighted by atomic mass is 32.1. The zero-order valence-electron chi connectivity index (χ0n) is 12.4. The van der Waals surface area contributed by atoms with Crippen LogP contribution >= 0.6 is 11.3 Å². The predicted molar refractivity (Wildman–Crippen MR) is 88.9 cm³/mol. The van der Waals surface area contributed by atoms with Gasteiger partial charge in [0.05, 0.1) is 16.3 Å². The molecule has 4 heteroatoms. The Morgan fingerprint density at radius 2 is 2.10 bits per heavy atom. The van der Waals surface area contributed by atoms with Crippen LogP contribution in [0.2, 0.25) is 0 Å². The third kappa shape index (κ3) is 3.52. The molecule has 1 aromatic carbocycles. The molecule has 1 aromatic heterocycles. The van der Waals surface area contributed by atoms with E-state index in [9.17, 15) is 4.79 Å². The van der Waals surface area contributed by atoms with Gasteiger partial charge in [-0.25, -0.2) is 0 Å². The van der Waals surface area contributed by atoms with Gasteiger partial charge in [0.2, 0.25) is 0 Å². The first-order chi connectivity index (χ1) is 10.0. The Morgan fingerprint density at radius 3 is 2.76 bits per heavy atom. The molecule has 0 bridgehead atoms. The molecule has 0 saturated heterocycles. The summed E-state index contributed by atoms with van der Waals surface area (Å²) in [6.45, 7) is 4.29. The summed E-state index contributed by atoms with van der Waals surface area (Å²) >= 11 is 1.41. The number of benzene rings is 1. The van der Waals surface area contributed by atoms with Crippen molar-refractivity contribution >= 4 is 22.9 Å². The van der Waals surface area contributed by atoms with Gasteiger partial charge in [0, 0.05) is 12.7 Å². The molecule has 1 heterocycles. The lowest BCUT2D eigenvalue weighted by Gasteiger charge is -2.16. The topological polar surface area (TPSA) is 46.3 Å². The van der Waals surface area contributed by atoms with Crippen molar-refractivity contribution in [3.8, 4) is 11.8 Å². The van der Waals surface area contributed by atoms with Crippen molar-refractivity contribution < 1.29 is 4.79 Å². The first-order valence-electron chi connectivity index (χ1n) is 6.67. The average molecular weight is 298 g/mol. The maximum absolute atomic E-state index is 12.6. The van der Waals surface area contributed by atoms with Crippen LogP contribution in [0.4, 0.5) is 5.69 Å². The number of nitrogens with two attached hydrogens (primary N) is 1. The molecule has 21 heavy (non-hydrogen) atoms. The fourth-order valence-corrected chi connectivity index (χ4v) is 2.99. The fraction of sp³-hybridized carbons (Fsp3) is 0.235. The zero-order chi connectivity index (χ0) is 15.4. The molecule has 0 aliphatic rings. The number of thiophene rings is 1. The minimum Gasteiger partial charge on any atom is -0.320 e. The molecule has 0 fully saturated rings. The number of carbonyl (C=O) groups excluding carboxylic acids is 1. The largest absolute Gasteiger partial charge is 0.320 e. The van der Waals surface area contributed by atoms with E-state index in [1.54, 1.807) is 11.9 Å². The van der Waals surface area contributed by atoms with E-state index >= 15 is 0 Å². The van der Waals surface area contributed by atoms with Crippen molar-refractivity contribution in [3.05, 3.63) is 51.2 Å². The van der Waals surface area contributed by atoms with Crippen molar-refractivity contribution in [2.45, 2.75) is 13.8 Å². The lowest BCUT2D eigenvalue weighted by atomic mass is 10.2. The molecule has 0 unspecified atom stereocenters. The molecule has 0 spiro atoms. The summed E-state index contributed by atoms with van der Waals surface area (Å²) in [7, 11) is 1.79. The average Bonchev–Trinajstić information content (AvgIpc) is 2.84. The Balaban J connectivity index is 2.28. The van der Waals surface area contributed by atoms with Crippen LogP contribution in [0.25, 0.3) is 0 Å². The van der Waals surface area contributed by atoms with E-state index in [-0.39, 0.29) is 5.91 Å². The molecule has 2 N–H and O–H groups in total. The second kappa shape index (κ2) is 6.57. The molecule has 108 valence electrons. The highest BCUT2D eigenvalue weighted by molar-refractivity contribution is 7.14. The van der Waals surface area contributed by atoms with Crippen molar-refractivity contribution in [1.82, 2.24) is 0 Å². The van der Waals surface area contributed by atoms with Gasteiger partial charge in [-0.2, -0.15) is 0 Å². The van der Waals surface area contributed by atoms with Gasteiger partial charge in [-0.05, 0) is 43.2 Å². The minimum absolute atomic E-state index is 0.0190. The molecule has 0 aliphatic carbocycles. The van der Waals surface area contributed by atoms with Gasteiger partial charge in [0.25, 0.3) is 5.91 Å². The van der Waals surface area contributed by atoms with E-state index in [2.05, 4.69) is 11.8 Å². The van der Waals surface area contributed by atoms with E-state index < -0.39 is 0 Å².